The number of hydrogen-bond donors (Lipinski definition) is 3. The fourth-order valence-electron chi connectivity index (χ4n) is 3.66. The standard InChI is InChI=1S/C19H19F3N6O/c1-11(28-17-5-3-12(20)6-14(17)18(23)26-28)19(29,8-27-10-24-9-25-27)15-4-2-13(21)7-16(15)22/h2-7,9-11,18,26,29H,8,23H2,1H3/t11-,18?,19-/m1/s1. The Morgan fingerprint density at radius 1 is 1.21 bits per heavy atom. The zero-order valence-corrected chi connectivity index (χ0v) is 15.4. The van der Waals surface area contributed by atoms with E-state index in [-0.39, 0.29) is 12.1 Å². The number of halogens is 3. The number of nitrogens with one attached hydrogen (secondary N) is 1. The van der Waals surface area contributed by atoms with E-state index in [1.807, 2.05) is 0 Å². The van der Waals surface area contributed by atoms with E-state index in [0.717, 1.165) is 6.07 Å². The topological polar surface area (TPSA) is 92.2 Å². The van der Waals surface area contributed by atoms with Crippen LogP contribution in [0.4, 0.5) is 18.9 Å². The molecule has 2 heterocycles. The van der Waals surface area contributed by atoms with E-state index in [4.69, 9.17) is 5.73 Å². The van der Waals surface area contributed by atoms with Gasteiger partial charge in [-0.25, -0.2) is 28.3 Å². The minimum atomic E-state index is -1.87. The molecule has 7 nitrogen and oxygen atoms in total. The highest BCUT2D eigenvalue weighted by Crippen LogP contribution is 2.39. The van der Waals surface area contributed by atoms with E-state index in [9.17, 15) is 18.3 Å². The van der Waals surface area contributed by atoms with Gasteiger partial charge in [0.05, 0.1) is 18.3 Å². The van der Waals surface area contributed by atoms with Crippen molar-refractivity contribution in [1.29, 1.82) is 0 Å². The monoisotopic (exact) mass is 404 g/mol. The Labute approximate surface area is 164 Å². The lowest BCUT2D eigenvalue weighted by atomic mass is 9.85. The maximum Gasteiger partial charge on any atom is 0.137 e. The van der Waals surface area contributed by atoms with Gasteiger partial charge >= 0.3 is 0 Å². The molecule has 0 saturated carbocycles. The molecular weight excluding hydrogens is 385 g/mol. The predicted molar refractivity (Wildman–Crippen MR) is 98.7 cm³/mol. The number of hydrogen-bond acceptors (Lipinski definition) is 6. The van der Waals surface area contributed by atoms with Gasteiger partial charge in [-0.2, -0.15) is 5.10 Å². The van der Waals surface area contributed by atoms with Gasteiger partial charge in [-0.05, 0) is 31.2 Å². The second kappa shape index (κ2) is 7.14. The van der Waals surface area contributed by atoms with Gasteiger partial charge in [0.1, 0.15) is 41.9 Å². The highest BCUT2D eigenvalue weighted by Gasteiger charge is 2.45. The van der Waals surface area contributed by atoms with Gasteiger partial charge in [-0.1, -0.05) is 6.07 Å². The molecule has 1 aliphatic rings. The smallest absolute Gasteiger partial charge is 0.137 e. The lowest BCUT2D eigenvalue weighted by Gasteiger charge is -2.40. The largest absolute Gasteiger partial charge is 0.381 e. The van der Waals surface area contributed by atoms with Crippen molar-refractivity contribution in [3.8, 4) is 0 Å². The molecule has 0 fully saturated rings. The third kappa shape index (κ3) is 3.35. The third-order valence-electron chi connectivity index (χ3n) is 5.21. The van der Waals surface area contributed by atoms with Crippen molar-refractivity contribution in [2.75, 3.05) is 5.01 Å². The van der Waals surface area contributed by atoms with Crippen LogP contribution < -0.4 is 16.2 Å². The van der Waals surface area contributed by atoms with Crippen LogP contribution in [0.15, 0.2) is 49.1 Å². The molecule has 0 amide bonds. The van der Waals surface area contributed by atoms with Gasteiger partial charge in [0.15, 0.2) is 0 Å². The van der Waals surface area contributed by atoms with Crippen molar-refractivity contribution < 1.29 is 18.3 Å². The van der Waals surface area contributed by atoms with Gasteiger partial charge in [0.2, 0.25) is 0 Å². The van der Waals surface area contributed by atoms with E-state index in [0.29, 0.717) is 17.3 Å². The normalized spacial score (nSPS) is 19.1. The Balaban J connectivity index is 1.79. The lowest BCUT2D eigenvalue weighted by Crippen LogP contribution is -2.56. The number of hydrazine groups is 1. The molecule has 1 unspecified atom stereocenters. The Hall–Kier alpha value is -2.95. The van der Waals surface area contributed by atoms with Crippen LogP contribution in [0.3, 0.4) is 0 Å². The van der Waals surface area contributed by atoms with Crippen LogP contribution in [0, 0.1) is 17.5 Å². The number of fused-ring (bicyclic) bond motifs is 1. The molecule has 4 N–H and O–H groups in total. The van der Waals surface area contributed by atoms with Crippen LogP contribution >= 0.6 is 0 Å². The van der Waals surface area contributed by atoms with Gasteiger partial charge < -0.3 is 15.8 Å². The van der Waals surface area contributed by atoms with Crippen LogP contribution in [-0.2, 0) is 12.1 Å². The molecule has 0 spiro atoms. The summed E-state index contributed by atoms with van der Waals surface area (Å²) >= 11 is 0. The van der Waals surface area contributed by atoms with E-state index in [1.54, 1.807) is 11.9 Å². The second-order valence-electron chi connectivity index (χ2n) is 7.00. The van der Waals surface area contributed by atoms with Crippen molar-refractivity contribution in [3.63, 3.8) is 0 Å². The first-order valence-electron chi connectivity index (χ1n) is 8.90. The van der Waals surface area contributed by atoms with Crippen molar-refractivity contribution in [2.24, 2.45) is 5.73 Å². The average Bonchev–Trinajstić information content (AvgIpc) is 3.29. The van der Waals surface area contributed by atoms with Crippen LogP contribution in [0.25, 0.3) is 0 Å². The quantitative estimate of drug-likeness (QED) is 0.602. The molecule has 4 rings (SSSR count). The number of nitrogens with two attached hydrogens (primary N) is 1. The van der Waals surface area contributed by atoms with E-state index >= 15 is 0 Å². The first kappa shape index (κ1) is 19.4. The summed E-state index contributed by atoms with van der Waals surface area (Å²) in [6, 6.07) is 6.26. The summed E-state index contributed by atoms with van der Waals surface area (Å²) in [7, 11) is 0. The van der Waals surface area contributed by atoms with Gasteiger partial charge in [-0.15, -0.1) is 0 Å². The summed E-state index contributed by atoms with van der Waals surface area (Å²) in [4.78, 5) is 3.85. The minimum absolute atomic E-state index is 0.118. The zero-order valence-electron chi connectivity index (χ0n) is 15.4. The molecule has 3 aromatic rings. The molecular formula is C19H19F3N6O. The van der Waals surface area contributed by atoms with Crippen molar-refractivity contribution >= 4 is 5.69 Å². The summed E-state index contributed by atoms with van der Waals surface area (Å²) in [5.41, 5.74) is 8.10. The lowest BCUT2D eigenvalue weighted by molar-refractivity contribution is -0.0137. The number of benzene rings is 2. The van der Waals surface area contributed by atoms with Crippen LogP contribution in [-0.4, -0.2) is 25.9 Å². The second-order valence-corrected chi connectivity index (χ2v) is 7.00. The Kier molecular flexibility index (Phi) is 4.77. The summed E-state index contributed by atoms with van der Waals surface area (Å²) in [6.07, 6.45) is 1.96. The van der Waals surface area contributed by atoms with Crippen LogP contribution in [0.1, 0.15) is 24.2 Å². The van der Waals surface area contributed by atoms with Gasteiger partial charge in [-0.3, -0.25) is 0 Å². The molecule has 2 aromatic carbocycles. The molecule has 10 heteroatoms. The van der Waals surface area contributed by atoms with Crippen molar-refractivity contribution in [1.82, 2.24) is 20.2 Å². The summed E-state index contributed by atoms with van der Waals surface area (Å²) in [5, 5.41) is 17.2. The number of nitrogens with zero attached hydrogens (tertiary/aromatic N) is 4. The SMILES string of the molecule is C[C@@H](N1NC(N)c2cc(F)ccc21)[C@](O)(Cn1cncn1)c1ccc(F)cc1F. The Bertz CT molecular complexity index is 1030. The number of aromatic nitrogens is 3. The highest BCUT2D eigenvalue weighted by atomic mass is 19.1. The first-order chi connectivity index (χ1) is 13.8. The summed E-state index contributed by atoms with van der Waals surface area (Å²) in [5.74, 6) is -2.11. The van der Waals surface area contributed by atoms with E-state index in [2.05, 4.69) is 15.5 Å². The predicted octanol–water partition coefficient (Wildman–Crippen LogP) is 1.95. The Morgan fingerprint density at radius 2 is 1.93 bits per heavy atom. The summed E-state index contributed by atoms with van der Waals surface area (Å²) in [6.45, 7) is 1.48. The molecule has 1 aromatic heterocycles. The maximum absolute atomic E-state index is 14.7. The van der Waals surface area contributed by atoms with E-state index < -0.39 is 35.3 Å². The maximum atomic E-state index is 14.7. The van der Waals surface area contributed by atoms with Crippen molar-refractivity contribution in [3.05, 3.63) is 77.6 Å². The third-order valence-corrected chi connectivity index (χ3v) is 5.21. The fraction of sp³-hybridized carbons (Fsp3) is 0.263. The summed E-state index contributed by atoms with van der Waals surface area (Å²) < 4.78 is 43.2. The van der Waals surface area contributed by atoms with Crippen molar-refractivity contribution in [2.45, 2.75) is 31.3 Å². The number of aliphatic hydroxyl groups is 1. The molecule has 3 atom stereocenters. The minimum Gasteiger partial charge on any atom is -0.381 e. The fourth-order valence-corrected chi connectivity index (χ4v) is 3.66. The first-order valence-corrected chi connectivity index (χ1v) is 8.90. The Morgan fingerprint density at radius 3 is 2.62 bits per heavy atom. The van der Waals surface area contributed by atoms with Crippen LogP contribution in [0.5, 0.6) is 0 Å². The zero-order chi connectivity index (χ0) is 20.8. The molecule has 0 saturated heterocycles. The van der Waals surface area contributed by atoms with Gasteiger partial charge in [0, 0.05) is 17.2 Å². The number of anilines is 1. The average molecular weight is 404 g/mol. The van der Waals surface area contributed by atoms with Gasteiger partial charge in [0.25, 0.3) is 0 Å². The molecule has 0 bridgehead atoms. The molecule has 29 heavy (non-hydrogen) atoms. The molecule has 1 aliphatic heterocycles. The van der Waals surface area contributed by atoms with E-state index in [1.165, 1.54) is 41.6 Å². The van der Waals surface area contributed by atoms with Crippen LogP contribution in [0.2, 0.25) is 0 Å². The molecule has 0 radical (unpaired) electrons. The highest BCUT2D eigenvalue weighted by molar-refractivity contribution is 5.59. The molecule has 152 valence electrons. The molecule has 0 aliphatic carbocycles. The number of rotatable bonds is 5.